The molecule has 3 fully saturated rings. The molecule has 19 heavy (non-hydrogen) atoms. The molecule has 0 bridgehead atoms. The van der Waals surface area contributed by atoms with Crippen molar-refractivity contribution in [3.8, 4) is 0 Å². The summed E-state index contributed by atoms with van der Waals surface area (Å²) in [5.74, 6) is 0. The van der Waals surface area contributed by atoms with Gasteiger partial charge in [0.25, 0.3) is 0 Å². The van der Waals surface area contributed by atoms with E-state index in [0.29, 0.717) is 0 Å². The first kappa shape index (κ1) is 13.8. The molecule has 1 atom stereocenters. The maximum atomic E-state index is 2.79. The Hall–Kier alpha value is -0.120. The van der Waals surface area contributed by atoms with Gasteiger partial charge in [-0.15, -0.1) is 0 Å². The van der Waals surface area contributed by atoms with Gasteiger partial charge >= 0.3 is 0 Å². The molecule has 0 spiro atoms. The molecule has 3 rings (SSSR count). The minimum Gasteiger partial charge on any atom is -0.301 e. The number of hydrogen-bond donors (Lipinski definition) is 0. The second kappa shape index (κ2) is 5.71. The zero-order chi connectivity index (χ0) is 13.4. The Morgan fingerprint density at radius 3 is 2.05 bits per heavy atom. The Morgan fingerprint density at radius 2 is 1.53 bits per heavy atom. The SMILES string of the molecule is CC(C)N1CCC(N2CCN(C3CC3)C(C)C2)CC1. The number of rotatable bonds is 3. The largest absolute Gasteiger partial charge is 0.301 e. The molecule has 0 aromatic rings. The molecule has 2 heterocycles. The van der Waals surface area contributed by atoms with Crippen LogP contribution >= 0.6 is 0 Å². The molecule has 1 saturated carbocycles. The van der Waals surface area contributed by atoms with E-state index in [1.165, 1.54) is 58.4 Å². The summed E-state index contributed by atoms with van der Waals surface area (Å²) in [6.07, 6.45) is 5.68. The van der Waals surface area contributed by atoms with Crippen molar-refractivity contribution in [1.29, 1.82) is 0 Å². The van der Waals surface area contributed by atoms with Crippen LogP contribution in [0, 0.1) is 0 Å². The van der Waals surface area contributed by atoms with Gasteiger partial charge in [0.15, 0.2) is 0 Å². The van der Waals surface area contributed by atoms with Crippen molar-refractivity contribution in [2.45, 2.75) is 70.6 Å². The van der Waals surface area contributed by atoms with Gasteiger partial charge in [-0.3, -0.25) is 9.80 Å². The molecular formula is C16H31N3. The maximum Gasteiger partial charge on any atom is 0.0198 e. The molecule has 3 heteroatoms. The van der Waals surface area contributed by atoms with Crippen molar-refractivity contribution in [2.24, 2.45) is 0 Å². The molecule has 0 N–H and O–H groups in total. The predicted octanol–water partition coefficient (Wildman–Crippen LogP) is 2.03. The molecule has 110 valence electrons. The van der Waals surface area contributed by atoms with Crippen LogP contribution in [0.15, 0.2) is 0 Å². The molecule has 0 radical (unpaired) electrons. The number of nitrogens with zero attached hydrogens (tertiary/aromatic N) is 3. The molecule has 1 aliphatic carbocycles. The van der Waals surface area contributed by atoms with Crippen LogP contribution in [0.2, 0.25) is 0 Å². The number of piperidine rings is 1. The summed E-state index contributed by atoms with van der Waals surface area (Å²) in [5.41, 5.74) is 0. The summed E-state index contributed by atoms with van der Waals surface area (Å²) >= 11 is 0. The fourth-order valence-corrected chi connectivity index (χ4v) is 4.05. The van der Waals surface area contributed by atoms with Crippen molar-refractivity contribution in [3.63, 3.8) is 0 Å². The Bertz CT molecular complexity index is 292. The van der Waals surface area contributed by atoms with Crippen LogP contribution in [-0.2, 0) is 0 Å². The van der Waals surface area contributed by atoms with E-state index < -0.39 is 0 Å². The van der Waals surface area contributed by atoms with Crippen LogP contribution in [-0.4, -0.2) is 71.6 Å². The van der Waals surface area contributed by atoms with Crippen LogP contribution < -0.4 is 0 Å². The smallest absolute Gasteiger partial charge is 0.0198 e. The standard InChI is InChI=1S/C16H31N3/c1-13(2)17-8-6-15(7-9-17)18-10-11-19(14(3)12-18)16-4-5-16/h13-16H,4-12H2,1-3H3. The molecule has 3 aliphatic rings. The van der Waals surface area contributed by atoms with Gasteiger partial charge in [0.05, 0.1) is 0 Å². The lowest BCUT2D eigenvalue weighted by Gasteiger charge is -2.46. The minimum absolute atomic E-state index is 0.728. The van der Waals surface area contributed by atoms with Crippen molar-refractivity contribution < 1.29 is 0 Å². The lowest BCUT2D eigenvalue weighted by Crippen LogP contribution is -2.57. The average molecular weight is 265 g/mol. The van der Waals surface area contributed by atoms with Gasteiger partial charge in [-0.1, -0.05) is 0 Å². The van der Waals surface area contributed by atoms with E-state index in [4.69, 9.17) is 0 Å². The van der Waals surface area contributed by atoms with Gasteiger partial charge in [0, 0.05) is 43.8 Å². The normalized spacial score (nSPS) is 33.2. The summed E-state index contributed by atoms with van der Waals surface area (Å²) in [5, 5.41) is 0. The third-order valence-corrected chi connectivity index (χ3v) is 5.47. The van der Waals surface area contributed by atoms with Gasteiger partial charge in [-0.25, -0.2) is 0 Å². The molecule has 0 aromatic heterocycles. The molecule has 1 unspecified atom stereocenters. The molecule has 2 aliphatic heterocycles. The average Bonchev–Trinajstić information content (AvgIpc) is 3.23. The van der Waals surface area contributed by atoms with E-state index in [0.717, 1.165) is 24.2 Å². The van der Waals surface area contributed by atoms with E-state index in [9.17, 15) is 0 Å². The van der Waals surface area contributed by atoms with Crippen LogP contribution in [0.1, 0.15) is 46.5 Å². The lowest BCUT2D eigenvalue weighted by atomic mass is 10.00. The van der Waals surface area contributed by atoms with E-state index in [2.05, 4.69) is 35.5 Å². The molecule has 0 amide bonds. The highest BCUT2D eigenvalue weighted by atomic mass is 15.3. The molecule has 0 aromatic carbocycles. The minimum atomic E-state index is 0.728. The Labute approximate surface area is 118 Å². The quantitative estimate of drug-likeness (QED) is 0.773. The third-order valence-electron chi connectivity index (χ3n) is 5.47. The van der Waals surface area contributed by atoms with Crippen molar-refractivity contribution in [1.82, 2.24) is 14.7 Å². The van der Waals surface area contributed by atoms with Crippen molar-refractivity contribution >= 4 is 0 Å². The van der Waals surface area contributed by atoms with Crippen LogP contribution in [0.3, 0.4) is 0 Å². The summed E-state index contributed by atoms with van der Waals surface area (Å²) in [6, 6.07) is 3.31. The van der Waals surface area contributed by atoms with Gasteiger partial charge in [0.2, 0.25) is 0 Å². The van der Waals surface area contributed by atoms with Gasteiger partial charge in [-0.2, -0.15) is 0 Å². The Balaban J connectivity index is 1.48. The second-order valence-electron chi connectivity index (χ2n) is 7.17. The molecular weight excluding hydrogens is 234 g/mol. The predicted molar refractivity (Wildman–Crippen MR) is 80.5 cm³/mol. The zero-order valence-electron chi connectivity index (χ0n) is 13.0. The van der Waals surface area contributed by atoms with Gasteiger partial charge < -0.3 is 4.90 Å². The maximum absolute atomic E-state index is 2.79. The number of piperazine rings is 1. The van der Waals surface area contributed by atoms with Crippen LogP contribution in [0.25, 0.3) is 0 Å². The highest BCUT2D eigenvalue weighted by molar-refractivity contribution is 4.93. The topological polar surface area (TPSA) is 9.72 Å². The second-order valence-corrected chi connectivity index (χ2v) is 7.17. The van der Waals surface area contributed by atoms with Gasteiger partial charge in [0.1, 0.15) is 0 Å². The number of hydrogen-bond acceptors (Lipinski definition) is 3. The Morgan fingerprint density at radius 1 is 0.842 bits per heavy atom. The number of likely N-dealkylation sites (tertiary alicyclic amines) is 1. The summed E-state index contributed by atoms with van der Waals surface area (Å²) < 4.78 is 0. The highest BCUT2D eigenvalue weighted by Gasteiger charge is 2.37. The van der Waals surface area contributed by atoms with Crippen molar-refractivity contribution in [3.05, 3.63) is 0 Å². The third kappa shape index (κ3) is 3.14. The fraction of sp³-hybridized carbons (Fsp3) is 1.00. The molecule has 2 saturated heterocycles. The van der Waals surface area contributed by atoms with E-state index in [-0.39, 0.29) is 0 Å². The monoisotopic (exact) mass is 265 g/mol. The van der Waals surface area contributed by atoms with Crippen molar-refractivity contribution in [2.75, 3.05) is 32.7 Å². The first-order chi connectivity index (χ1) is 9.15. The molecule has 3 nitrogen and oxygen atoms in total. The zero-order valence-corrected chi connectivity index (χ0v) is 13.0. The van der Waals surface area contributed by atoms with Gasteiger partial charge in [-0.05, 0) is 59.5 Å². The van der Waals surface area contributed by atoms with Crippen LogP contribution in [0.4, 0.5) is 0 Å². The van der Waals surface area contributed by atoms with Crippen LogP contribution in [0.5, 0.6) is 0 Å². The first-order valence-electron chi connectivity index (χ1n) is 8.39. The summed E-state index contributed by atoms with van der Waals surface area (Å²) in [7, 11) is 0. The van der Waals surface area contributed by atoms with E-state index in [1.807, 2.05) is 0 Å². The fourth-order valence-electron chi connectivity index (χ4n) is 4.05. The summed E-state index contributed by atoms with van der Waals surface area (Å²) in [4.78, 5) is 8.20. The highest BCUT2D eigenvalue weighted by Crippen LogP contribution is 2.31. The Kier molecular flexibility index (Phi) is 4.16. The summed E-state index contributed by atoms with van der Waals surface area (Å²) in [6.45, 7) is 13.6. The first-order valence-corrected chi connectivity index (χ1v) is 8.39. The van der Waals surface area contributed by atoms with E-state index >= 15 is 0 Å². The van der Waals surface area contributed by atoms with E-state index in [1.54, 1.807) is 0 Å². The lowest BCUT2D eigenvalue weighted by molar-refractivity contribution is 0.0229.